The Bertz CT molecular complexity index is 707. The minimum atomic E-state index is -0.158. The number of rotatable bonds is 6. The van der Waals surface area contributed by atoms with E-state index in [1.54, 1.807) is 0 Å². The molecule has 2 N–H and O–H groups in total. The zero-order valence-electron chi connectivity index (χ0n) is 13.6. The monoisotopic (exact) mass is 327 g/mol. The molecule has 1 aromatic heterocycles. The molecule has 1 aliphatic carbocycles. The highest BCUT2D eigenvalue weighted by atomic mass is 16.2. The van der Waals surface area contributed by atoms with Crippen LogP contribution in [0, 0.1) is 11.8 Å². The second kappa shape index (κ2) is 7.25. The van der Waals surface area contributed by atoms with Crippen molar-refractivity contribution in [2.45, 2.75) is 32.9 Å². The van der Waals surface area contributed by atoms with Gasteiger partial charge in [-0.1, -0.05) is 37.3 Å². The van der Waals surface area contributed by atoms with E-state index in [4.69, 9.17) is 0 Å². The molecule has 0 bridgehead atoms. The first kappa shape index (κ1) is 16.2. The number of nitrogens with one attached hydrogen (secondary N) is 2. The lowest BCUT2D eigenvalue weighted by atomic mass is 9.76. The first-order valence-electron chi connectivity index (χ1n) is 8.11. The molecule has 126 valence electrons. The summed E-state index contributed by atoms with van der Waals surface area (Å²) >= 11 is 0. The summed E-state index contributed by atoms with van der Waals surface area (Å²) in [7, 11) is 0. The molecule has 0 spiro atoms. The van der Waals surface area contributed by atoms with Crippen molar-refractivity contribution in [3.63, 3.8) is 0 Å². The van der Waals surface area contributed by atoms with Crippen LogP contribution >= 0.6 is 0 Å². The van der Waals surface area contributed by atoms with Crippen LogP contribution in [-0.4, -0.2) is 26.6 Å². The van der Waals surface area contributed by atoms with Gasteiger partial charge >= 0.3 is 0 Å². The van der Waals surface area contributed by atoms with Gasteiger partial charge in [-0.15, -0.1) is 5.10 Å². The summed E-state index contributed by atoms with van der Waals surface area (Å²) in [5.74, 6) is 0.713. The van der Waals surface area contributed by atoms with E-state index >= 15 is 0 Å². The van der Waals surface area contributed by atoms with Crippen molar-refractivity contribution in [1.29, 1.82) is 0 Å². The third kappa shape index (κ3) is 4.18. The lowest BCUT2D eigenvalue weighted by Gasteiger charge is -2.30. The molecule has 3 rings (SSSR count). The van der Waals surface area contributed by atoms with Gasteiger partial charge in [-0.25, -0.2) is 9.67 Å². The molecule has 0 radical (unpaired) electrons. The molecule has 1 fully saturated rings. The maximum Gasteiger partial charge on any atom is 0.248 e. The van der Waals surface area contributed by atoms with Crippen LogP contribution < -0.4 is 10.6 Å². The molecular weight excluding hydrogens is 306 g/mol. The summed E-state index contributed by atoms with van der Waals surface area (Å²) in [6, 6.07) is 9.68. The Hall–Kier alpha value is -2.70. The summed E-state index contributed by atoms with van der Waals surface area (Å²) in [4.78, 5) is 27.9. The number of carbonyl (C=O) groups excluding carboxylic acids is 2. The van der Waals surface area contributed by atoms with Gasteiger partial charge in [-0.2, -0.15) is 0 Å². The number of nitrogens with zero attached hydrogens (tertiary/aromatic N) is 3. The van der Waals surface area contributed by atoms with E-state index in [1.807, 2.05) is 30.3 Å². The minimum absolute atomic E-state index is 0.0422. The predicted octanol–water partition coefficient (Wildman–Crippen LogP) is 1.58. The van der Waals surface area contributed by atoms with Crippen LogP contribution in [0.25, 0.3) is 0 Å². The normalized spacial score (nSPS) is 19.4. The van der Waals surface area contributed by atoms with Gasteiger partial charge in [-0.05, 0) is 24.3 Å². The highest BCUT2D eigenvalue weighted by Crippen LogP contribution is 2.33. The van der Waals surface area contributed by atoms with Crippen molar-refractivity contribution in [1.82, 2.24) is 20.1 Å². The number of carbonyl (C=O) groups is 2. The maximum atomic E-state index is 12.0. The van der Waals surface area contributed by atoms with E-state index in [9.17, 15) is 9.59 Å². The third-order valence-corrected chi connectivity index (χ3v) is 4.15. The van der Waals surface area contributed by atoms with E-state index in [2.05, 4.69) is 27.6 Å². The van der Waals surface area contributed by atoms with Gasteiger partial charge in [0.15, 0.2) is 0 Å². The minimum Gasteiger partial charge on any atom is -0.350 e. The number of hydrogen-bond acceptors (Lipinski definition) is 4. The van der Waals surface area contributed by atoms with E-state index < -0.39 is 0 Å². The largest absolute Gasteiger partial charge is 0.350 e. The van der Waals surface area contributed by atoms with Gasteiger partial charge in [0.1, 0.15) is 12.9 Å². The maximum absolute atomic E-state index is 12.0. The Labute approximate surface area is 140 Å². The second-order valence-electron chi connectivity index (χ2n) is 6.29. The summed E-state index contributed by atoms with van der Waals surface area (Å²) in [5.41, 5.74) is 1.03. The third-order valence-electron chi connectivity index (χ3n) is 4.15. The van der Waals surface area contributed by atoms with Crippen molar-refractivity contribution in [3.8, 4) is 0 Å². The van der Waals surface area contributed by atoms with Crippen LogP contribution in [-0.2, 0) is 22.7 Å². The van der Waals surface area contributed by atoms with Crippen LogP contribution in [0.2, 0.25) is 0 Å². The first-order chi connectivity index (χ1) is 11.6. The number of hydrogen-bond donors (Lipinski definition) is 2. The second-order valence-corrected chi connectivity index (χ2v) is 6.29. The fourth-order valence-corrected chi connectivity index (χ4v) is 2.76. The van der Waals surface area contributed by atoms with Crippen molar-refractivity contribution >= 4 is 17.8 Å². The number of anilines is 1. The number of benzene rings is 1. The smallest absolute Gasteiger partial charge is 0.248 e. The Balaban J connectivity index is 1.45. The van der Waals surface area contributed by atoms with Crippen molar-refractivity contribution in [3.05, 3.63) is 42.2 Å². The molecule has 0 unspecified atom stereocenters. The summed E-state index contributed by atoms with van der Waals surface area (Å²) < 4.78 is 1.42. The summed E-state index contributed by atoms with van der Waals surface area (Å²) in [5, 5.41) is 9.64. The summed E-state index contributed by atoms with van der Waals surface area (Å²) in [6.07, 6.45) is 3.27. The fraction of sp³-hybridized carbons (Fsp3) is 0.412. The quantitative estimate of drug-likeness (QED) is 0.843. The van der Waals surface area contributed by atoms with Crippen molar-refractivity contribution in [2.75, 3.05) is 5.32 Å². The van der Waals surface area contributed by atoms with Gasteiger partial charge < -0.3 is 5.32 Å². The number of aromatic nitrogens is 3. The highest BCUT2D eigenvalue weighted by Gasteiger charge is 2.31. The lowest BCUT2D eigenvalue weighted by molar-refractivity contribution is -0.123. The molecule has 7 nitrogen and oxygen atoms in total. The van der Waals surface area contributed by atoms with Crippen LogP contribution in [0.4, 0.5) is 5.95 Å². The lowest BCUT2D eigenvalue weighted by Crippen LogP contribution is -2.33. The van der Waals surface area contributed by atoms with E-state index in [0.29, 0.717) is 12.5 Å². The first-order valence-corrected chi connectivity index (χ1v) is 8.11. The van der Waals surface area contributed by atoms with Crippen LogP contribution in [0.15, 0.2) is 36.7 Å². The SMILES string of the molecule is CC1CC(C(=O)Nc2ncn(CC(=O)NCc3ccccc3)n2)C1. The topological polar surface area (TPSA) is 88.9 Å². The van der Waals surface area contributed by atoms with E-state index in [-0.39, 0.29) is 30.2 Å². The molecule has 2 amide bonds. The Morgan fingerprint density at radius 2 is 2.00 bits per heavy atom. The molecule has 1 saturated carbocycles. The molecule has 1 aliphatic rings. The van der Waals surface area contributed by atoms with Gasteiger partial charge in [-0.3, -0.25) is 14.9 Å². The zero-order chi connectivity index (χ0) is 16.9. The summed E-state index contributed by atoms with van der Waals surface area (Å²) in [6.45, 7) is 2.67. The van der Waals surface area contributed by atoms with Gasteiger partial charge in [0.2, 0.25) is 17.8 Å². The predicted molar refractivity (Wildman–Crippen MR) is 88.8 cm³/mol. The average molecular weight is 327 g/mol. The van der Waals surface area contributed by atoms with Crippen LogP contribution in [0.1, 0.15) is 25.3 Å². The molecule has 24 heavy (non-hydrogen) atoms. The van der Waals surface area contributed by atoms with Crippen LogP contribution in [0.3, 0.4) is 0 Å². The van der Waals surface area contributed by atoms with Gasteiger partial charge in [0.05, 0.1) is 0 Å². The van der Waals surface area contributed by atoms with E-state index in [0.717, 1.165) is 18.4 Å². The molecule has 0 atom stereocenters. The highest BCUT2D eigenvalue weighted by molar-refractivity contribution is 5.91. The molecule has 2 aromatic rings. The van der Waals surface area contributed by atoms with Gasteiger partial charge in [0, 0.05) is 12.5 Å². The molecule has 1 heterocycles. The molecule has 0 saturated heterocycles. The Morgan fingerprint density at radius 3 is 2.71 bits per heavy atom. The zero-order valence-corrected chi connectivity index (χ0v) is 13.6. The van der Waals surface area contributed by atoms with Crippen molar-refractivity contribution in [2.24, 2.45) is 11.8 Å². The Kier molecular flexibility index (Phi) is 4.88. The molecule has 1 aromatic carbocycles. The molecular formula is C17H21N5O2. The molecule has 0 aliphatic heterocycles. The van der Waals surface area contributed by atoms with Gasteiger partial charge in [0.25, 0.3) is 0 Å². The Morgan fingerprint density at radius 1 is 1.25 bits per heavy atom. The van der Waals surface area contributed by atoms with E-state index in [1.165, 1.54) is 11.0 Å². The number of amides is 2. The standard InChI is InChI=1S/C17H21N5O2/c1-12-7-14(8-12)16(24)20-17-19-11-22(21-17)10-15(23)18-9-13-5-3-2-4-6-13/h2-6,11-12,14H,7-10H2,1H3,(H,18,23)(H,20,21,24). The van der Waals surface area contributed by atoms with Crippen molar-refractivity contribution < 1.29 is 9.59 Å². The average Bonchev–Trinajstić information content (AvgIpc) is 2.97. The van der Waals surface area contributed by atoms with Crippen LogP contribution in [0.5, 0.6) is 0 Å². The molecule has 7 heteroatoms. The fourth-order valence-electron chi connectivity index (χ4n) is 2.76.